The molecule has 6 heteroatoms. The molecule has 6 nitrogen and oxygen atoms in total. The lowest BCUT2D eigenvalue weighted by Crippen LogP contribution is -2.50. The number of hydrazine groups is 1. The molecule has 1 heterocycles. The molecule has 0 radical (unpaired) electrons. The zero-order valence-electron chi connectivity index (χ0n) is 10.7. The number of ether oxygens (including phenoxy) is 2. The minimum absolute atomic E-state index is 0.0478. The van der Waals surface area contributed by atoms with E-state index in [2.05, 4.69) is 10.9 Å². The van der Waals surface area contributed by atoms with Crippen molar-refractivity contribution in [2.24, 2.45) is 0 Å². The number of carbonyl (C=O) groups is 1. The molecule has 100 valence electrons. The summed E-state index contributed by atoms with van der Waals surface area (Å²) in [4.78, 5) is 11.3. The highest BCUT2D eigenvalue weighted by atomic mass is 16.6. The van der Waals surface area contributed by atoms with Gasteiger partial charge in [-0.15, -0.1) is 0 Å². The SMILES string of the molecule is CC(C)(C)OC(=O)NN[C@@H]1CC[C@@H](CO)OC1. The lowest BCUT2D eigenvalue weighted by Gasteiger charge is -2.29. The number of aliphatic hydroxyl groups excluding tert-OH is 1. The van der Waals surface area contributed by atoms with Crippen LogP contribution in [0.15, 0.2) is 0 Å². The van der Waals surface area contributed by atoms with E-state index in [4.69, 9.17) is 14.6 Å². The van der Waals surface area contributed by atoms with E-state index >= 15 is 0 Å². The Hall–Kier alpha value is -0.850. The van der Waals surface area contributed by atoms with Crippen LogP contribution in [0.1, 0.15) is 33.6 Å². The summed E-state index contributed by atoms with van der Waals surface area (Å²) in [5.74, 6) is 0. The summed E-state index contributed by atoms with van der Waals surface area (Å²) < 4.78 is 10.4. The summed E-state index contributed by atoms with van der Waals surface area (Å²) in [6.07, 6.45) is 1.06. The third-order valence-electron chi connectivity index (χ3n) is 2.35. The third-order valence-corrected chi connectivity index (χ3v) is 2.35. The van der Waals surface area contributed by atoms with Crippen molar-refractivity contribution in [1.82, 2.24) is 10.9 Å². The second-order valence-corrected chi connectivity index (χ2v) is 5.18. The lowest BCUT2D eigenvalue weighted by atomic mass is 10.1. The van der Waals surface area contributed by atoms with Crippen molar-refractivity contribution < 1.29 is 19.4 Å². The second-order valence-electron chi connectivity index (χ2n) is 5.18. The molecule has 0 saturated carbocycles. The highest BCUT2D eigenvalue weighted by Crippen LogP contribution is 2.12. The highest BCUT2D eigenvalue weighted by molar-refractivity contribution is 5.67. The smallest absolute Gasteiger partial charge is 0.422 e. The van der Waals surface area contributed by atoms with Crippen molar-refractivity contribution in [1.29, 1.82) is 0 Å². The molecule has 0 unspecified atom stereocenters. The Morgan fingerprint density at radius 1 is 1.47 bits per heavy atom. The normalized spacial score (nSPS) is 25.4. The first-order valence-electron chi connectivity index (χ1n) is 5.87. The molecule has 1 fully saturated rings. The van der Waals surface area contributed by atoms with E-state index in [1.165, 1.54) is 0 Å². The molecule has 0 aliphatic carbocycles. The summed E-state index contributed by atoms with van der Waals surface area (Å²) in [6, 6.07) is 0.0605. The molecule has 1 aliphatic rings. The average molecular weight is 246 g/mol. The molecule has 1 saturated heterocycles. The van der Waals surface area contributed by atoms with E-state index in [-0.39, 0.29) is 18.8 Å². The molecule has 0 bridgehead atoms. The molecule has 1 rings (SSSR count). The highest BCUT2D eigenvalue weighted by Gasteiger charge is 2.22. The van der Waals surface area contributed by atoms with Crippen molar-refractivity contribution >= 4 is 6.09 Å². The second kappa shape index (κ2) is 6.18. The number of hydrogen-bond donors (Lipinski definition) is 3. The molecule has 3 N–H and O–H groups in total. The van der Waals surface area contributed by atoms with Gasteiger partial charge >= 0.3 is 6.09 Å². The van der Waals surface area contributed by atoms with E-state index in [1.54, 1.807) is 0 Å². The fraction of sp³-hybridized carbons (Fsp3) is 0.909. The first-order chi connectivity index (χ1) is 7.90. The van der Waals surface area contributed by atoms with Crippen molar-refractivity contribution in [3.05, 3.63) is 0 Å². The van der Waals surface area contributed by atoms with Gasteiger partial charge in [-0.3, -0.25) is 5.43 Å². The zero-order valence-corrected chi connectivity index (χ0v) is 10.7. The van der Waals surface area contributed by atoms with Gasteiger partial charge in [-0.2, -0.15) is 0 Å². The van der Waals surface area contributed by atoms with E-state index in [0.717, 1.165) is 12.8 Å². The van der Waals surface area contributed by atoms with Crippen LogP contribution in [0.2, 0.25) is 0 Å². The summed E-state index contributed by atoms with van der Waals surface area (Å²) in [7, 11) is 0. The predicted molar refractivity (Wildman–Crippen MR) is 62.4 cm³/mol. The van der Waals surface area contributed by atoms with E-state index in [0.29, 0.717) is 6.61 Å². The Morgan fingerprint density at radius 2 is 2.18 bits per heavy atom. The fourth-order valence-corrected chi connectivity index (χ4v) is 1.53. The van der Waals surface area contributed by atoms with Crippen LogP contribution in [0.5, 0.6) is 0 Å². The molecular formula is C11H22N2O4. The molecule has 0 aromatic rings. The van der Waals surface area contributed by atoms with Gasteiger partial charge < -0.3 is 14.6 Å². The number of aliphatic hydroxyl groups is 1. The van der Waals surface area contributed by atoms with Gasteiger partial charge in [0.05, 0.1) is 19.3 Å². The van der Waals surface area contributed by atoms with Crippen molar-refractivity contribution in [2.75, 3.05) is 13.2 Å². The maximum Gasteiger partial charge on any atom is 0.422 e. The maximum atomic E-state index is 11.3. The minimum atomic E-state index is -0.503. The summed E-state index contributed by atoms with van der Waals surface area (Å²) in [5, 5.41) is 8.89. The van der Waals surface area contributed by atoms with E-state index < -0.39 is 11.7 Å². The molecule has 0 aromatic carbocycles. The van der Waals surface area contributed by atoms with Crippen LogP contribution in [0.25, 0.3) is 0 Å². The van der Waals surface area contributed by atoms with Crippen molar-refractivity contribution in [2.45, 2.75) is 51.4 Å². The minimum Gasteiger partial charge on any atom is -0.443 e. The third kappa shape index (κ3) is 5.86. The van der Waals surface area contributed by atoms with Crippen LogP contribution in [-0.2, 0) is 9.47 Å². The molecule has 0 spiro atoms. The molecule has 0 aromatic heterocycles. The summed E-state index contributed by atoms with van der Waals surface area (Å²) in [6.45, 7) is 5.94. The van der Waals surface area contributed by atoms with E-state index in [9.17, 15) is 4.79 Å². The predicted octanol–water partition coefficient (Wildman–Crippen LogP) is 0.556. The maximum absolute atomic E-state index is 11.3. The first kappa shape index (κ1) is 14.2. The Kier molecular flexibility index (Phi) is 5.17. The van der Waals surface area contributed by atoms with Gasteiger partial charge in [-0.1, -0.05) is 0 Å². The number of hydrogen-bond acceptors (Lipinski definition) is 5. The number of nitrogens with one attached hydrogen (secondary N) is 2. The van der Waals surface area contributed by atoms with Crippen LogP contribution in [0.3, 0.4) is 0 Å². The van der Waals surface area contributed by atoms with Crippen LogP contribution in [-0.4, -0.2) is 42.2 Å². The molecule has 17 heavy (non-hydrogen) atoms. The fourth-order valence-electron chi connectivity index (χ4n) is 1.53. The van der Waals surface area contributed by atoms with Gasteiger partial charge in [-0.25, -0.2) is 10.2 Å². The number of carbonyl (C=O) groups excluding carboxylic acids is 1. The van der Waals surface area contributed by atoms with Gasteiger partial charge in [0.1, 0.15) is 5.60 Å². The van der Waals surface area contributed by atoms with Gasteiger partial charge in [-0.05, 0) is 33.6 Å². The van der Waals surface area contributed by atoms with Gasteiger partial charge in [0.2, 0.25) is 0 Å². The first-order valence-corrected chi connectivity index (χ1v) is 5.87. The zero-order chi connectivity index (χ0) is 12.9. The number of amides is 1. The van der Waals surface area contributed by atoms with Crippen LogP contribution < -0.4 is 10.9 Å². The molecule has 1 amide bonds. The molecule has 2 atom stereocenters. The van der Waals surface area contributed by atoms with Gasteiger partial charge in [0, 0.05) is 6.04 Å². The number of rotatable bonds is 3. The summed E-state index contributed by atoms with van der Waals surface area (Å²) >= 11 is 0. The summed E-state index contributed by atoms with van der Waals surface area (Å²) in [5.41, 5.74) is 4.84. The van der Waals surface area contributed by atoms with Crippen molar-refractivity contribution in [3.8, 4) is 0 Å². The van der Waals surface area contributed by atoms with E-state index in [1.807, 2.05) is 20.8 Å². The van der Waals surface area contributed by atoms with Crippen LogP contribution in [0.4, 0.5) is 4.79 Å². The van der Waals surface area contributed by atoms with Crippen LogP contribution in [0, 0.1) is 0 Å². The molecular weight excluding hydrogens is 224 g/mol. The quantitative estimate of drug-likeness (QED) is 0.634. The Morgan fingerprint density at radius 3 is 2.65 bits per heavy atom. The topological polar surface area (TPSA) is 79.8 Å². The van der Waals surface area contributed by atoms with Crippen LogP contribution >= 0.6 is 0 Å². The van der Waals surface area contributed by atoms with Gasteiger partial charge in [0.15, 0.2) is 0 Å². The Balaban J connectivity index is 2.17. The monoisotopic (exact) mass is 246 g/mol. The van der Waals surface area contributed by atoms with Gasteiger partial charge in [0.25, 0.3) is 0 Å². The average Bonchev–Trinajstić information content (AvgIpc) is 2.25. The lowest BCUT2D eigenvalue weighted by molar-refractivity contribution is -0.0346. The largest absolute Gasteiger partial charge is 0.443 e. The molecule has 1 aliphatic heterocycles. The Bertz CT molecular complexity index is 244. The Labute approximate surface area is 102 Å². The standard InChI is InChI=1S/C11H22N2O4/c1-11(2,3)17-10(15)13-12-8-4-5-9(6-14)16-7-8/h8-9,12,14H,4-7H2,1-3H3,(H,13,15)/t8-,9+/m1/s1. The van der Waals surface area contributed by atoms with Crippen molar-refractivity contribution in [3.63, 3.8) is 0 Å².